The van der Waals surface area contributed by atoms with Gasteiger partial charge < -0.3 is 8.98 Å². The molecule has 3 heterocycles. The van der Waals surface area contributed by atoms with Crippen molar-refractivity contribution < 1.29 is 4.42 Å². The van der Waals surface area contributed by atoms with Crippen molar-refractivity contribution in [3.63, 3.8) is 0 Å². The summed E-state index contributed by atoms with van der Waals surface area (Å²) in [5.41, 5.74) is 13.5. The van der Waals surface area contributed by atoms with Gasteiger partial charge in [0.05, 0.1) is 11.0 Å². The topological polar surface area (TPSA) is 18.1 Å². The van der Waals surface area contributed by atoms with Crippen LogP contribution < -0.4 is 0 Å². The quantitative estimate of drug-likeness (QED) is 0.186. The third-order valence-corrected chi connectivity index (χ3v) is 11.9. The third-order valence-electron chi connectivity index (χ3n) is 10.8. The van der Waals surface area contributed by atoms with Crippen LogP contribution >= 0.6 is 11.3 Å². The van der Waals surface area contributed by atoms with E-state index in [4.69, 9.17) is 4.42 Å². The number of hydrogen-bond donors (Lipinski definition) is 0. The molecule has 1 aliphatic rings. The summed E-state index contributed by atoms with van der Waals surface area (Å²) in [6, 6.07) is 51.3. The Kier molecular flexibility index (Phi) is 5.09. The monoisotopic (exact) mass is 631 g/mol. The number of fused-ring (bicyclic) bond motifs is 12. The van der Waals surface area contributed by atoms with Gasteiger partial charge in [0, 0.05) is 52.8 Å². The first-order chi connectivity index (χ1) is 23.6. The lowest BCUT2D eigenvalue weighted by Crippen LogP contribution is -2.14. The van der Waals surface area contributed by atoms with E-state index in [2.05, 4.69) is 152 Å². The van der Waals surface area contributed by atoms with E-state index in [0.29, 0.717) is 0 Å². The van der Waals surface area contributed by atoms with E-state index in [-0.39, 0.29) is 5.41 Å². The number of benzene rings is 7. The maximum atomic E-state index is 6.28. The molecule has 0 N–H and O–H groups in total. The summed E-state index contributed by atoms with van der Waals surface area (Å²) < 4.78 is 11.3. The molecular weight excluding hydrogens is 603 g/mol. The molecule has 0 aliphatic heterocycles. The normalized spacial score (nSPS) is 13.8. The van der Waals surface area contributed by atoms with E-state index in [1.165, 1.54) is 86.4 Å². The lowest BCUT2D eigenvalue weighted by Gasteiger charge is -2.21. The van der Waals surface area contributed by atoms with Crippen LogP contribution in [0.1, 0.15) is 25.0 Å². The van der Waals surface area contributed by atoms with Gasteiger partial charge in [-0.15, -0.1) is 11.3 Å². The smallest absolute Gasteiger partial charge is 0.136 e. The summed E-state index contributed by atoms with van der Waals surface area (Å²) in [5.74, 6) is 0. The van der Waals surface area contributed by atoms with Gasteiger partial charge in [-0.05, 0) is 81.9 Å². The maximum Gasteiger partial charge on any atom is 0.136 e. The van der Waals surface area contributed by atoms with Gasteiger partial charge in [-0.3, -0.25) is 0 Å². The minimum atomic E-state index is -0.0591. The lowest BCUT2D eigenvalue weighted by molar-refractivity contribution is 0.661. The molecule has 10 aromatic rings. The predicted molar refractivity (Wildman–Crippen MR) is 204 cm³/mol. The highest BCUT2D eigenvalue weighted by molar-refractivity contribution is 7.26. The average molecular weight is 632 g/mol. The van der Waals surface area contributed by atoms with E-state index >= 15 is 0 Å². The number of aromatic nitrogens is 1. The highest BCUT2D eigenvalue weighted by Crippen LogP contribution is 2.51. The number of furan rings is 1. The standard InChI is InChI=1S/C45H29NOS/c1-45(2)35-16-6-3-11-27(35)33-24-34-28-12-4-7-17-37(28)46(38(34)25-36(33)45)26-21-22-32-42(23-26)48-41-20-10-15-30(44(32)41)29-14-9-19-40-43(29)31-13-5-8-18-39(31)47-40/h3-25H,1-2H3. The zero-order valence-electron chi connectivity index (χ0n) is 26.5. The first-order valence-electron chi connectivity index (χ1n) is 16.6. The van der Waals surface area contributed by atoms with Crippen molar-refractivity contribution in [2.45, 2.75) is 19.3 Å². The first-order valence-corrected chi connectivity index (χ1v) is 17.4. The van der Waals surface area contributed by atoms with Crippen molar-refractivity contribution in [2.75, 3.05) is 0 Å². The molecule has 0 spiro atoms. The Morgan fingerprint density at radius 3 is 2.12 bits per heavy atom. The van der Waals surface area contributed by atoms with Gasteiger partial charge in [-0.1, -0.05) is 105 Å². The Hall–Kier alpha value is -5.64. The summed E-state index contributed by atoms with van der Waals surface area (Å²) in [6.07, 6.45) is 0. The Balaban J connectivity index is 1.16. The Bertz CT molecular complexity index is 2990. The van der Waals surface area contributed by atoms with E-state index in [1.54, 1.807) is 0 Å². The van der Waals surface area contributed by atoms with Crippen LogP contribution in [0.4, 0.5) is 0 Å². The fourth-order valence-corrected chi connectivity index (χ4v) is 9.78. The van der Waals surface area contributed by atoms with Gasteiger partial charge in [0.25, 0.3) is 0 Å². The van der Waals surface area contributed by atoms with Gasteiger partial charge in [-0.2, -0.15) is 0 Å². The molecule has 48 heavy (non-hydrogen) atoms. The largest absolute Gasteiger partial charge is 0.456 e. The molecular formula is C45H29NOS. The zero-order valence-corrected chi connectivity index (χ0v) is 27.4. The number of para-hydroxylation sites is 2. The number of nitrogens with zero attached hydrogens (tertiary/aromatic N) is 1. The molecule has 2 nitrogen and oxygen atoms in total. The highest BCUT2D eigenvalue weighted by Gasteiger charge is 2.36. The van der Waals surface area contributed by atoms with E-state index in [0.717, 1.165) is 16.6 Å². The molecule has 0 saturated carbocycles. The van der Waals surface area contributed by atoms with Gasteiger partial charge in [0.1, 0.15) is 11.2 Å². The van der Waals surface area contributed by atoms with Crippen molar-refractivity contribution in [3.8, 4) is 27.9 Å². The number of hydrogen-bond acceptors (Lipinski definition) is 2. The number of rotatable bonds is 2. The van der Waals surface area contributed by atoms with Crippen LogP contribution in [-0.4, -0.2) is 4.57 Å². The van der Waals surface area contributed by atoms with Crippen LogP contribution in [0.15, 0.2) is 144 Å². The summed E-state index contributed by atoms with van der Waals surface area (Å²) in [5, 5.41) is 7.52. The van der Waals surface area contributed by atoms with E-state index in [9.17, 15) is 0 Å². The Morgan fingerprint density at radius 1 is 0.479 bits per heavy atom. The third kappa shape index (κ3) is 3.36. The molecule has 226 valence electrons. The van der Waals surface area contributed by atoms with Crippen LogP contribution in [0.25, 0.3) is 91.9 Å². The fraction of sp³-hybridized carbons (Fsp3) is 0.0667. The van der Waals surface area contributed by atoms with E-state index < -0.39 is 0 Å². The molecule has 0 fully saturated rings. The summed E-state index contributed by atoms with van der Waals surface area (Å²) >= 11 is 1.88. The van der Waals surface area contributed by atoms with E-state index in [1.807, 2.05) is 17.4 Å². The SMILES string of the molecule is CC1(C)c2ccccc2-c2cc3c4ccccc4n(-c4ccc5c(c4)sc4cccc(-c6cccc7oc8ccccc8c67)c45)c3cc21. The number of thiophene rings is 1. The van der Waals surface area contributed by atoms with Crippen molar-refractivity contribution in [1.29, 1.82) is 0 Å². The maximum absolute atomic E-state index is 6.28. The molecule has 1 aliphatic carbocycles. The highest BCUT2D eigenvalue weighted by atomic mass is 32.1. The van der Waals surface area contributed by atoms with Crippen molar-refractivity contribution in [2.24, 2.45) is 0 Å². The molecule has 0 radical (unpaired) electrons. The van der Waals surface area contributed by atoms with Gasteiger partial charge in [-0.25, -0.2) is 0 Å². The van der Waals surface area contributed by atoms with Gasteiger partial charge >= 0.3 is 0 Å². The minimum absolute atomic E-state index is 0.0591. The van der Waals surface area contributed by atoms with Crippen molar-refractivity contribution in [3.05, 3.63) is 151 Å². The second-order valence-corrected chi connectivity index (χ2v) is 14.8. The summed E-state index contributed by atoms with van der Waals surface area (Å²) in [7, 11) is 0. The Morgan fingerprint density at radius 2 is 1.21 bits per heavy atom. The lowest BCUT2D eigenvalue weighted by atomic mass is 9.82. The predicted octanol–water partition coefficient (Wildman–Crippen LogP) is 13.0. The van der Waals surface area contributed by atoms with Crippen LogP contribution in [0.2, 0.25) is 0 Å². The molecule has 0 amide bonds. The molecule has 0 unspecified atom stereocenters. The fourth-order valence-electron chi connectivity index (χ4n) is 8.62. The molecule has 7 aromatic carbocycles. The molecule has 0 bridgehead atoms. The average Bonchev–Trinajstić information content (AvgIpc) is 3.84. The molecule has 3 aromatic heterocycles. The molecule has 0 atom stereocenters. The van der Waals surface area contributed by atoms with Crippen molar-refractivity contribution >= 4 is 75.3 Å². The Labute approximate surface area is 281 Å². The van der Waals surface area contributed by atoms with Crippen LogP contribution in [-0.2, 0) is 5.41 Å². The van der Waals surface area contributed by atoms with Crippen molar-refractivity contribution in [1.82, 2.24) is 4.57 Å². The van der Waals surface area contributed by atoms with Gasteiger partial charge in [0.2, 0.25) is 0 Å². The minimum Gasteiger partial charge on any atom is -0.456 e. The van der Waals surface area contributed by atoms with Crippen LogP contribution in [0.3, 0.4) is 0 Å². The zero-order chi connectivity index (χ0) is 31.7. The van der Waals surface area contributed by atoms with Crippen LogP contribution in [0.5, 0.6) is 0 Å². The first kappa shape index (κ1) is 26.4. The second-order valence-electron chi connectivity index (χ2n) is 13.7. The van der Waals surface area contributed by atoms with Crippen LogP contribution in [0, 0.1) is 0 Å². The summed E-state index contributed by atoms with van der Waals surface area (Å²) in [6.45, 7) is 4.73. The second kappa shape index (κ2) is 9.25. The molecule has 11 rings (SSSR count). The summed E-state index contributed by atoms with van der Waals surface area (Å²) in [4.78, 5) is 0. The molecule has 3 heteroatoms. The molecule has 0 saturated heterocycles. The van der Waals surface area contributed by atoms with Gasteiger partial charge in [0.15, 0.2) is 0 Å².